The fourth-order valence-corrected chi connectivity index (χ4v) is 6.80. The minimum absolute atomic E-state index is 0.0111. The number of anilines is 7. The number of aromatic nitrogens is 3. The second-order valence-electron chi connectivity index (χ2n) is 10.8. The molecule has 4 aromatic carbocycles. The summed E-state index contributed by atoms with van der Waals surface area (Å²) >= 11 is 6.08. The van der Waals surface area contributed by atoms with E-state index >= 15 is 0 Å². The molecule has 1 aliphatic carbocycles. The lowest BCUT2D eigenvalue weighted by atomic mass is 9.82. The predicted molar refractivity (Wildman–Crippen MR) is 183 cm³/mol. The zero-order valence-corrected chi connectivity index (χ0v) is 27.8. The van der Waals surface area contributed by atoms with Crippen LogP contribution in [-0.2, 0) is 31.5 Å². The van der Waals surface area contributed by atoms with Crippen molar-refractivity contribution >= 4 is 89.7 Å². The van der Waals surface area contributed by atoms with E-state index in [2.05, 4.69) is 30.9 Å². The Morgan fingerprint density at radius 2 is 1.29 bits per heavy atom. The zero-order valence-electron chi connectivity index (χ0n) is 25.4. The topological polar surface area (TPSA) is 281 Å². The largest absolute Gasteiger partial charge is 0.481 e. The van der Waals surface area contributed by atoms with Gasteiger partial charge in [0.25, 0.3) is 20.2 Å². The third-order valence-corrected chi connectivity index (χ3v) is 9.37. The number of fused-ring (bicyclic) bond motifs is 2. The number of nitrogens with zero attached hydrogens (tertiary/aromatic N) is 3. The average Bonchev–Trinajstić information content (AvgIpc) is 3.03. The molecule has 0 fully saturated rings. The lowest BCUT2D eigenvalue weighted by Gasteiger charge is -2.24. The standard InChI is InChI=1S/C31H22ClN7O10S2/c32-29-37-30(34-15-5-3-4-14(10-15)11-23(40)41)39-31(38-29)35-16-8-9-19(21(12-16)50(44,45)46)36-20-13-22(51(47,48)49)26(33)25-24(20)27(42)17-6-1-2-7-18(17)28(25)43/h1-10,12-13,36H,11,33H2,(H,40,41)(H,44,45,46)(H,47,48,49)(H2,34,35,37,38,39). The van der Waals surface area contributed by atoms with Gasteiger partial charge >= 0.3 is 5.97 Å². The summed E-state index contributed by atoms with van der Waals surface area (Å²) in [5.74, 6) is -2.86. The molecule has 0 atom stereocenters. The van der Waals surface area contributed by atoms with Crippen molar-refractivity contribution < 1.29 is 45.4 Å². The first-order valence-corrected chi connectivity index (χ1v) is 17.5. The molecule has 8 N–H and O–H groups in total. The number of carboxylic acid groups (broad SMARTS) is 1. The van der Waals surface area contributed by atoms with Crippen molar-refractivity contribution in [1.82, 2.24) is 15.0 Å². The Bertz CT molecular complexity index is 2550. The smallest absolute Gasteiger partial charge is 0.307 e. The second-order valence-corrected chi connectivity index (χ2v) is 14.0. The molecule has 20 heteroatoms. The van der Waals surface area contributed by atoms with Crippen LogP contribution in [0.4, 0.5) is 40.3 Å². The first-order chi connectivity index (χ1) is 24.0. The number of nitrogens with one attached hydrogen (secondary N) is 3. The molecule has 0 aliphatic heterocycles. The van der Waals surface area contributed by atoms with Gasteiger partial charge in [-0.15, -0.1) is 0 Å². The minimum Gasteiger partial charge on any atom is -0.481 e. The molecular formula is C31H22ClN7O10S2. The first kappa shape index (κ1) is 34.9. The number of rotatable bonds is 10. The highest BCUT2D eigenvalue weighted by Gasteiger charge is 2.37. The van der Waals surface area contributed by atoms with Gasteiger partial charge in [-0.05, 0) is 53.6 Å². The molecular weight excluding hydrogens is 730 g/mol. The van der Waals surface area contributed by atoms with E-state index in [-0.39, 0.29) is 46.1 Å². The van der Waals surface area contributed by atoms with Crippen molar-refractivity contribution in [3.63, 3.8) is 0 Å². The van der Waals surface area contributed by atoms with Crippen molar-refractivity contribution in [3.05, 3.63) is 106 Å². The molecule has 0 spiro atoms. The molecule has 0 saturated heterocycles. The number of carboxylic acids is 1. The van der Waals surface area contributed by atoms with Crippen LogP contribution in [0.5, 0.6) is 0 Å². The number of hydrogen-bond acceptors (Lipinski definition) is 14. The van der Waals surface area contributed by atoms with Gasteiger partial charge in [0.2, 0.25) is 17.2 Å². The van der Waals surface area contributed by atoms with Crippen molar-refractivity contribution in [2.45, 2.75) is 16.2 Å². The Hall–Kier alpha value is -5.99. The van der Waals surface area contributed by atoms with E-state index in [1.54, 1.807) is 24.3 Å². The zero-order chi connectivity index (χ0) is 36.8. The van der Waals surface area contributed by atoms with Crippen LogP contribution in [0.2, 0.25) is 5.28 Å². The van der Waals surface area contributed by atoms with Gasteiger partial charge < -0.3 is 26.8 Å². The molecule has 5 aromatic rings. The summed E-state index contributed by atoms with van der Waals surface area (Å²) in [5.41, 5.74) is 4.37. The number of carbonyl (C=O) groups is 3. The average molecular weight is 752 g/mol. The normalized spacial score (nSPS) is 12.5. The van der Waals surface area contributed by atoms with Crippen LogP contribution >= 0.6 is 11.6 Å². The quantitative estimate of drug-likeness (QED) is 0.0761. The number of carbonyl (C=O) groups excluding carboxylic acids is 2. The third-order valence-electron chi connectivity index (χ3n) is 7.41. The van der Waals surface area contributed by atoms with Crippen molar-refractivity contribution in [3.8, 4) is 0 Å². The summed E-state index contributed by atoms with van der Waals surface area (Å²) in [4.78, 5) is 48.6. The van der Waals surface area contributed by atoms with E-state index in [9.17, 15) is 40.3 Å². The van der Waals surface area contributed by atoms with E-state index in [0.29, 0.717) is 11.3 Å². The van der Waals surface area contributed by atoms with Crippen molar-refractivity contribution in [2.75, 3.05) is 21.7 Å². The number of ketones is 2. The highest BCUT2D eigenvalue weighted by Crippen LogP contribution is 2.41. The Kier molecular flexibility index (Phi) is 8.91. The molecule has 1 heterocycles. The van der Waals surface area contributed by atoms with Gasteiger partial charge in [0.05, 0.1) is 34.6 Å². The van der Waals surface area contributed by atoms with E-state index < -0.39 is 70.1 Å². The summed E-state index contributed by atoms with van der Waals surface area (Å²) < 4.78 is 69.9. The molecule has 260 valence electrons. The molecule has 1 aliphatic rings. The minimum atomic E-state index is -5.08. The molecule has 0 unspecified atom stereocenters. The summed E-state index contributed by atoms with van der Waals surface area (Å²) in [6.07, 6.45) is -0.230. The maximum absolute atomic E-state index is 13.7. The number of aliphatic carboxylic acids is 1. The van der Waals surface area contributed by atoms with Crippen LogP contribution in [0.1, 0.15) is 37.4 Å². The molecule has 1 aromatic heterocycles. The molecule has 0 bridgehead atoms. The van der Waals surface area contributed by atoms with Gasteiger partial charge in [-0.1, -0.05) is 36.4 Å². The Morgan fingerprint density at radius 3 is 1.88 bits per heavy atom. The van der Waals surface area contributed by atoms with Crippen LogP contribution in [0.25, 0.3) is 0 Å². The Balaban J connectivity index is 1.38. The van der Waals surface area contributed by atoms with E-state index in [1.807, 2.05) is 0 Å². The first-order valence-electron chi connectivity index (χ1n) is 14.3. The Morgan fingerprint density at radius 1 is 0.706 bits per heavy atom. The van der Waals surface area contributed by atoms with Crippen LogP contribution in [0.3, 0.4) is 0 Å². The highest BCUT2D eigenvalue weighted by molar-refractivity contribution is 7.86. The number of nitrogen functional groups attached to an aromatic ring is 1. The van der Waals surface area contributed by atoms with Crippen molar-refractivity contribution in [2.24, 2.45) is 0 Å². The third kappa shape index (κ3) is 7.18. The van der Waals surface area contributed by atoms with Gasteiger partial charge in [0, 0.05) is 22.5 Å². The van der Waals surface area contributed by atoms with Gasteiger partial charge in [0.15, 0.2) is 11.6 Å². The number of benzene rings is 4. The number of halogens is 1. The van der Waals surface area contributed by atoms with Crippen molar-refractivity contribution in [1.29, 1.82) is 0 Å². The molecule has 0 radical (unpaired) electrons. The summed E-state index contributed by atoms with van der Waals surface area (Å²) in [6.45, 7) is 0. The van der Waals surface area contributed by atoms with Crippen LogP contribution in [0, 0.1) is 0 Å². The molecule has 6 rings (SSSR count). The summed E-state index contributed by atoms with van der Waals surface area (Å²) in [7, 11) is -10.1. The van der Waals surface area contributed by atoms with Crippen LogP contribution < -0.4 is 21.7 Å². The summed E-state index contributed by atoms with van der Waals surface area (Å²) in [5, 5.41) is 17.0. The van der Waals surface area contributed by atoms with E-state index in [0.717, 1.165) is 18.2 Å². The molecule has 0 amide bonds. The predicted octanol–water partition coefficient (Wildman–Crippen LogP) is 4.23. The fourth-order valence-electron chi connectivity index (χ4n) is 5.32. The number of nitrogens with two attached hydrogens (primary N) is 1. The highest BCUT2D eigenvalue weighted by atomic mass is 35.5. The monoisotopic (exact) mass is 751 g/mol. The molecule has 51 heavy (non-hydrogen) atoms. The van der Waals surface area contributed by atoms with Gasteiger partial charge in [0.1, 0.15) is 9.79 Å². The maximum Gasteiger partial charge on any atom is 0.307 e. The maximum atomic E-state index is 13.7. The Labute approximate surface area is 293 Å². The lowest BCUT2D eigenvalue weighted by Crippen LogP contribution is -2.25. The molecule has 17 nitrogen and oxygen atoms in total. The van der Waals surface area contributed by atoms with E-state index in [4.69, 9.17) is 22.4 Å². The van der Waals surface area contributed by atoms with Crippen LogP contribution in [-0.4, -0.2) is 63.5 Å². The number of hydrogen-bond donors (Lipinski definition) is 7. The lowest BCUT2D eigenvalue weighted by molar-refractivity contribution is -0.136. The van der Waals surface area contributed by atoms with Gasteiger partial charge in [-0.25, -0.2) is 0 Å². The van der Waals surface area contributed by atoms with Crippen LogP contribution in [0.15, 0.2) is 82.6 Å². The second kappa shape index (κ2) is 13.0. The van der Waals surface area contributed by atoms with E-state index in [1.165, 1.54) is 30.3 Å². The molecule has 0 saturated carbocycles. The SMILES string of the molecule is Nc1c(S(=O)(=O)O)cc(Nc2ccc(Nc3nc(Cl)nc(Nc4cccc(CC(=O)O)c4)n3)cc2S(=O)(=O)O)c2c1C(=O)c1ccccc1C2=O. The van der Waals surface area contributed by atoms with Gasteiger partial charge in [-0.2, -0.15) is 31.8 Å². The summed E-state index contributed by atoms with van der Waals surface area (Å²) in [6, 6.07) is 16.3. The van der Waals surface area contributed by atoms with Gasteiger partial charge in [-0.3, -0.25) is 23.5 Å². The fraction of sp³-hybridized carbons (Fsp3) is 0.0323.